The van der Waals surface area contributed by atoms with Gasteiger partial charge in [0.25, 0.3) is 0 Å². The summed E-state index contributed by atoms with van der Waals surface area (Å²) >= 11 is 0. The van der Waals surface area contributed by atoms with Gasteiger partial charge in [-0.2, -0.15) is 0 Å². The molecule has 1 aliphatic rings. The van der Waals surface area contributed by atoms with Crippen molar-refractivity contribution in [3.63, 3.8) is 0 Å². The van der Waals surface area contributed by atoms with Crippen LogP contribution in [0.5, 0.6) is 0 Å². The third-order valence-corrected chi connectivity index (χ3v) is 5.24. The predicted octanol–water partition coefficient (Wildman–Crippen LogP) is 4.50. The molecule has 22 heavy (non-hydrogen) atoms. The van der Waals surface area contributed by atoms with E-state index in [1.54, 1.807) is 0 Å². The maximum Gasteiger partial charge on any atom is 0.223 e. The van der Waals surface area contributed by atoms with Crippen LogP contribution < -0.4 is 0 Å². The highest BCUT2D eigenvalue weighted by Crippen LogP contribution is 2.43. The van der Waals surface area contributed by atoms with Crippen LogP contribution in [0.4, 0.5) is 0 Å². The molecule has 0 aromatic rings. The number of carbonyl (C=O) groups excluding carboxylic acids is 1. The lowest BCUT2D eigenvalue weighted by Crippen LogP contribution is -2.42. The third kappa shape index (κ3) is 5.57. The monoisotopic (exact) mass is 311 g/mol. The minimum atomic E-state index is 0.150. The summed E-state index contributed by atoms with van der Waals surface area (Å²) in [7, 11) is 0. The van der Waals surface area contributed by atoms with Crippen molar-refractivity contribution >= 4 is 5.91 Å². The van der Waals surface area contributed by atoms with Gasteiger partial charge in [0.15, 0.2) is 0 Å². The van der Waals surface area contributed by atoms with Crippen LogP contribution in [0, 0.1) is 17.3 Å². The van der Waals surface area contributed by atoms with Gasteiger partial charge >= 0.3 is 0 Å². The molecule has 0 aromatic heterocycles. The molecule has 0 saturated carbocycles. The van der Waals surface area contributed by atoms with Gasteiger partial charge in [0.2, 0.25) is 5.91 Å². The van der Waals surface area contributed by atoms with Gasteiger partial charge in [-0.3, -0.25) is 4.79 Å². The molecule has 130 valence electrons. The van der Waals surface area contributed by atoms with Crippen LogP contribution in [0.1, 0.15) is 73.6 Å². The summed E-state index contributed by atoms with van der Waals surface area (Å²) in [6, 6.07) is 0. The Bertz CT molecular complexity index is 336. The van der Waals surface area contributed by atoms with E-state index in [9.17, 15) is 4.79 Å². The van der Waals surface area contributed by atoms with Gasteiger partial charge in [0.05, 0.1) is 6.10 Å². The Kier molecular flexibility index (Phi) is 7.88. The Morgan fingerprint density at radius 3 is 2.36 bits per heavy atom. The van der Waals surface area contributed by atoms with Crippen molar-refractivity contribution in [2.75, 3.05) is 19.7 Å². The second kappa shape index (κ2) is 8.90. The van der Waals surface area contributed by atoms with Crippen molar-refractivity contribution in [3.05, 3.63) is 0 Å². The topological polar surface area (TPSA) is 29.5 Å². The van der Waals surface area contributed by atoms with Crippen molar-refractivity contribution in [2.24, 2.45) is 17.3 Å². The number of nitrogens with zero attached hydrogens (tertiary/aromatic N) is 1. The zero-order chi connectivity index (χ0) is 16.8. The zero-order valence-corrected chi connectivity index (χ0v) is 15.7. The first-order chi connectivity index (χ1) is 10.3. The third-order valence-electron chi connectivity index (χ3n) is 5.24. The first-order valence-corrected chi connectivity index (χ1v) is 9.23. The maximum atomic E-state index is 12.7. The van der Waals surface area contributed by atoms with Gasteiger partial charge in [-0.1, -0.05) is 34.1 Å². The number of ether oxygens (including phenoxy) is 1. The Morgan fingerprint density at radius 2 is 1.86 bits per heavy atom. The number of hydrogen-bond acceptors (Lipinski definition) is 2. The molecule has 0 unspecified atom stereocenters. The molecule has 1 rings (SSSR count). The smallest absolute Gasteiger partial charge is 0.223 e. The SMILES string of the molecule is CCN(CC)C(=O)C[C@]1(CCC(C)C)CCO[C@@H](C(C)C)C1. The molecule has 2 atom stereocenters. The Hall–Kier alpha value is -0.570. The van der Waals surface area contributed by atoms with E-state index in [2.05, 4.69) is 41.5 Å². The van der Waals surface area contributed by atoms with Gasteiger partial charge in [-0.15, -0.1) is 0 Å². The summed E-state index contributed by atoms with van der Waals surface area (Å²) in [6.45, 7) is 15.6. The summed E-state index contributed by atoms with van der Waals surface area (Å²) in [5.74, 6) is 1.56. The average Bonchev–Trinajstić information content (AvgIpc) is 2.46. The summed E-state index contributed by atoms with van der Waals surface area (Å²) in [5.41, 5.74) is 0.150. The maximum absolute atomic E-state index is 12.7. The Morgan fingerprint density at radius 1 is 1.23 bits per heavy atom. The van der Waals surface area contributed by atoms with E-state index in [1.165, 1.54) is 6.42 Å². The zero-order valence-electron chi connectivity index (χ0n) is 15.7. The second-order valence-electron chi connectivity index (χ2n) is 7.78. The van der Waals surface area contributed by atoms with Crippen molar-refractivity contribution < 1.29 is 9.53 Å². The van der Waals surface area contributed by atoms with E-state index in [0.29, 0.717) is 30.3 Å². The molecule has 0 aromatic carbocycles. The van der Waals surface area contributed by atoms with Crippen molar-refractivity contribution in [2.45, 2.75) is 79.8 Å². The molecule has 0 radical (unpaired) electrons. The summed E-state index contributed by atoms with van der Waals surface area (Å²) < 4.78 is 5.97. The normalized spacial score (nSPS) is 25.7. The molecule has 1 aliphatic heterocycles. The standard InChI is InChI=1S/C19H37NO2/c1-7-20(8-2)18(21)14-19(10-9-15(3)4)11-12-22-17(13-19)16(5)6/h15-17H,7-14H2,1-6H3/t17-,19-/m1/s1. The molecule has 3 heteroatoms. The highest BCUT2D eigenvalue weighted by Gasteiger charge is 2.40. The number of carbonyl (C=O) groups is 1. The van der Waals surface area contributed by atoms with Gasteiger partial charge in [0, 0.05) is 26.1 Å². The fourth-order valence-corrected chi connectivity index (χ4v) is 3.52. The molecule has 1 fully saturated rings. The molecule has 0 bridgehead atoms. The Labute approximate surface area is 137 Å². The molecule has 1 saturated heterocycles. The predicted molar refractivity (Wildman–Crippen MR) is 92.9 cm³/mol. The molecule has 0 spiro atoms. The van der Waals surface area contributed by atoms with E-state index in [4.69, 9.17) is 4.74 Å². The van der Waals surface area contributed by atoms with E-state index in [0.717, 1.165) is 39.0 Å². The quantitative estimate of drug-likeness (QED) is 0.660. The van der Waals surface area contributed by atoms with Crippen LogP contribution in [-0.2, 0) is 9.53 Å². The van der Waals surface area contributed by atoms with Crippen LogP contribution >= 0.6 is 0 Å². The van der Waals surface area contributed by atoms with Crippen molar-refractivity contribution in [3.8, 4) is 0 Å². The highest BCUT2D eigenvalue weighted by atomic mass is 16.5. The largest absolute Gasteiger partial charge is 0.378 e. The van der Waals surface area contributed by atoms with Gasteiger partial charge in [0.1, 0.15) is 0 Å². The fraction of sp³-hybridized carbons (Fsp3) is 0.947. The average molecular weight is 312 g/mol. The van der Waals surface area contributed by atoms with Crippen molar-refractivity contribution in [1.29, 1.82) is 0 Å². The van der Waals surface area contributed by atoms with Crippen LogP contribution in [0.25, 0.3) is 0 Å². The first-order valence-electron chi connectivity index (χ1n) is 9.23. The fourth-order valence-electron chi connectivity index (χ4n) is 3.52. The molecular weight excluding hydrogens is 274 g/mol. The lowest BCUT2D eigenvalue weighted by molar-refractivity contribution is -0.138. The highest BCUT2D eigenvalue weighted by molar-refractivity contribution is 5.76. The summed E-state index contributed by atoms with van der Waals surface area (Å²) in [5, 5.41) is 0. The Balaban J connectivity index is 2.84. The van der Waals surface area contributed by atoms with E-state index < -0.39 is 0 Å². The van der Waals surface area contributed by atoms with Crippen LogP contribution in [0.2, 0.25) is 0 Å². The summed E-state index contributed by atoms with van der Waals surface area (Å²) in [4.78, 5) is 14.7. The molecule has 1 amide bonds. The van der Waals surface area contributed by atoms with Crippen molar-refractivity contribution in [1.82, 2.24) is 4.90 Å². The van der Waals surface area contributed by atoms with E-state index in [1.807, 2.05) is 4.90 Å². The minimum Gasteiger partial charge on any atom is -0.378 e. The molecular formula is C19H37NO2. The lowest BCUT2D eigenvalue weighted by Gasteiger charge is -2.43. The summed E-state index contributed by atoms with van der Waals surface area (Å²) in [6.07, 6.45) is 5.46. The number of amides is 1. The minimum absolute atomic E-state index is 0.150. The number of hydrogen-bond donors (Lipinski definition) is 0. The molecule has 1 heterocycles. The lowest BCUT2D eigenvalue weighted by atomic mass is 9.69. The van der Waals surface area contributed by atoms with Crippen LogP contribution in [-0.4, -0.2) is 36.6 Å². The molecule has 0 aliphatic carbocycles. The van der Waals surface area contributed by atoms with Crippen LogP contribution in [0.15, 0.2) is 0 Å². The number of rotatable bonds is 8. The van der Waals surface area contributed by atoms with E-state index in [-0.39, 0.29) is 5.41 Å². The van der Waals surface area contributed by atoms with Gasteiger partial charge in [-0.05, 0) is 50.4 Å². The van der Waals surface area contributed by atoms with E-state index >= 15 is 0 Å². The molecule has 3 nitrogen and oxygen atoms in total. The second-order valence-corrected chi connectivity index (χ2v) is 7.78. The first kappa shape index (κ1) is 19.5. The van der Waals surface area contributed by atoms with Crippen LogP contribution in [0.3, 0.4) is 0 Å². The van der Waals surface area contributed by atoms with Gasteiger partial charge < -0.3 is 9.64 Å². The van der Waals surface area contributed by atoms with Gasteiger partial charge in [-0.25, -0.2) is 0 Å². The molecule has 0 N–H and O–H groups in total.